The van der Waals surface area contributed by atoms with E-state index in [4.69, 9.17) is 0 Å². The Morgan fingerprint density at radius 3 is 2.60 bits per heavy atom. The molecular formula is C14H14N2O4. The molecule has 2 aliphatic heterocycles. The van der Waals surface area contributed by atoms with E-state index in [-0.39, 0.29) is 18.7 Å². The molecule has 2 atom stereocenters. The maximum Gasteiger partial charge on any atom is 0.261 e. The monoisotopic (exact) mass is 274 g/mol. The molecule has 0 radical (unpaired) electrons. The molecule has 3 amide bonds. The number of aliphatic hydroxyl groups is 1. The fraction of sp³-hybridized carbons (Fsp3) is 0.357. The lowest BCUT2D eigenvalue weighted by molar-refractivity contribution is -0.129. The van der Waals surface area contributed by atoms with Gasteiger partial charge in [0.1, 0.15) is 6.23 Å². The largest absolute Gasteiger partial charge is 0.372 e. The molecule has 0 bridgehead atoms. The van der Waals surface area contributed by atoms with Gasteiger partial charge in [0.05, 0.1) is 17.2 Å². The fourth-order valence-electron chi connectivity index (χ4n) is 2.71. The number of carbonyl (C=O) groups is 3. The van der Waals surface area contributed by atoms with Crippen molar-refractivity contribution < 1.29 is 19.5 Å². The molecule has 1 fully saturated rings. The number of hydrogen-bond donors (Lipinski definition) is 2. The van der Waals surface area contributed by atoms with E-state index in [0.29, 0.717) is 11.1 Å². The van der Waals surface area contributed by atoms with Crippen LogP contribution in [0.25, 0.3) is 0 Å². The van der Waals surface area contributed by atoms with Crippen molar-refractivity contribution in [3.8, 4) is 0 Å². The van der Waals surface area contributed by atoms with Gasteiger partial charge in [-0.3, -0.25) is 19.3 Å². The molecule has 2 unspecified atom stereocenters. The standard InChI is InChI=1S/C14H14N2O4/c1-7-2-3-8-9(6-7)14(20)16(13(8)19)10-4-5-11(17)15-12(10)18/h2-3,6,10,12,18H,4-5H2,1H3,(H,15,17). The molecule has 104 valence electrons. The van der Waals surface area contributed by atoms with Crippen molar-refractivity contribution in [3.05, 3.63) is 34.9 Å². The molecule has 0 spiro atoms. The van der Waals surface area contributed by atoms with Crippen LogP contribution < -0.4 is 5.32 Å². The summed E-state index contributed by atoms with van der Waals surface area (Å²) in [7, 11) is 0. The Balaban J connectivity index is 1.95. The summed E-state index contributed by atoms with van der Waals surface area (Å²) in [5.74, 6) is -1.10. The Morgan fingerprint density at radius 2 is 1.90 bits per heavy atom. The molecule has 20 heavy (non-hydrogen) atoms. The summed E-state index contributed by atoms with van der Waals surface area (Å²) in [6, 6.07) is 4.36. The molecule has 2 heterocycles. The van der Waals surface area contributed by atoms with Gasteiger partial charge in [0.2, 0.25) is 5.91 Å². The number of aliphatic hydroxyl groups excluding tert-OH is 1. The maximum absolute atomic E-state index is 12.4. The lowest BCUT2D eigenvalue weighted by Crippen LogP contribution is -2.57. The first-order valence-electron chi connectivity index (χ1n) is 6.45. The molecule has 3 rings (SSSR count). The molecule has 6 heteroatoms. The number of imide groups is 1. The van der Waals surface area contributed by atoms with Crippen molar-refractivity contribution in [3.63, 3.8) is 0 Å². The number of fused-ring (bicyclic) bond motifs is 1. The molecular weight excluding hydrogens is 260 g/mol. The highest BCUT2D eigenvalue weighted by molar-refractivity contribution is 6.21. The Morgan fingerprint density at radius 1 is 1.20 bits per heavy atom. The van der Waals surface area contributed by atoms with Crippen LogP contribution in [0.5, 0.6) is 0 Å². The topological polar surface area (TPSA) is 86.7 Å². The average molecular weight is 274 g/mol. The molecule has 1 aromatic rings. The summed E-state index contributed by atoms with van der Waals surface area (Å²) in [5, 5.41) is 12.2. The van der Waals surface area contributed by atoms with E-state index in [1.165, 1.54) is 0 Å². The van der Waals surface area contributed by atoms with Crippen LogP contribution in [0.2, 0.25) is 0 Å². The number of hydrogen-bond acceptors (Lipinski definition) is 4. The summed E-state index contributed by atoms with van der Waals surface area (Å²) in [5.41, 5.74) is 1.60. The zero-order valence-electron chi connectivity index (χ0n) is 10.9. The third kappa shape index (κ3) is 1.80. The van der Waals surface area contributed by atoms with Crippen molar-refractivity contribution >= 4 is 17.7 Å². The lowest BCUT2D eigenvalue weighted by Gasteiger charge is -2.33. The van der Waals surface area contributed by atoms with Gasteiger partial charge in [0.15, 0.2) is 0 Å². The van der Waals surface area contributed by atoms with Gasteiger partial charge in [-0.25, -0.2) is 0 Å². The Labute approximate surface area is 115 Å². The SMILES string of the molecule is Cc1ccc2c(c1)C(=O)N(C1CCC(=O)NC1O)C2=O. The molecule has 2 aliphatic rings. The quantitative estimate of drug-likeness (QED) is 0.716. The lowest BCUT2D eigenvalue weighted by atomic mass is 10.0. The normalized spacial score (nSPS) is 25.7. The molecule has 6 nitrogen and oxygen atoms in total. The van der Waals surface area contributed by atoms with Crippen LogP contribution in [0.15, 0.2) is 18.2 Å². The number of nitrogens with zero attached hydrogens (tertiary/aromatic N) is 1. The van der Waals surface area contributed by atoms with Gasteiger partial charge in [-0.15, -0.1) is 0 Å². The number of piperidine rings is 1. The van der Waals surface area contributed by atoms with Gasteiger partial charge < -0.3 is 10.4 Å². The number of rotatable bonds is 1. The van der Waals surface area contributed by atoms with E-state index >= 15 is 0 Å². The molecule has 0 aliphatic carbocycles. The minimum Gasteiger partial charge on any atom is -0.372 e. The van der Waals surface area contributed by atoms with Crippen LogP contribution in [0.1, 0.15) is 39.1 Å². The smallest absolute Gasteiger partial charge is 0.261 e. The van der Waals surface area contributed by atoms with Crippen molar-refractivity contribution in [2.45, 2.75) is 32.0 Å². The molecule has 2 N–H and O–H groups in total. The maximum atomic E-state index is 12.4. The van der Waals surface area contributed by atoms with Crippen LogP contribution in [-0.4, -0.2) is 40.0 Å². The summed E-state index contributed by atoms with van der Waals surface area (Å²) >= 11 is 0. The zero-order valence-corrected chi connectivity index (χ0v) is 10.9. The van der Waals surface area contributed by atoms with E-state index in [0.717, 1.165) is 10.5 Å². The number of nitrogens with one attached hydrogen (secondary N) is 1. The molecule has 1 aromatic carbocycles. The Bertz CT molecular complexity index is 626. The summed E-state index contributed by atoms with van der Waals surface area (Å²) in [6.07, 6.45) is -0.745. The van der Waals surface area contributed by atoms with Crippen LogP contribution in [0, 0.1) is 6.92 Å². The average Bonchev–Trinajstić information content (AvgIpc) is 2.63. The highest BCUT2D eigenvalue weighted by atomic mass is 16.3. The second-order valence-corrected chi connectivity index (χ2v) is 5.15. The zero-order chi connectivity index (χ0) is 14.4. The fourth-order valence-corrected chi connectivity index (χ4v) is 2.71. The third-order valence-corrected chi connectivity index (χ3v) is 3.75. The predicted molar refractivity (Wildman–Crippen MR) is 68.9 cm³/mol. The number of carbonyl (C=O) groups excluding carboxylic acids is 3. The van der Waals surface area contributed by atoms with E-state index < -0.39 is 24.1 Å². The van der Waals surface area contributed by atoms with Gasteiger partial charge in [0.25, 0.3) is 11.8 Å². The van der Waals surface area contributed by atoms with E-state index in [9.17, 15) is 19.5 Å². The second kappa shape index (κ2) is 4.42. The summed E-state index contributed by atoms with van der Waals surface area (Å²) in [6.45, 7) is 1.84. The second-order valence-electron chi connectivity index (χ2n) is 5.15. The first kappa shape index (κ1) is 12.8. The number of benzene rings is 1. The minimum atomic E-state index is -1.21. The molecule has 0 saturated carbocycles. The van der Waals surface area contributed by atoms with Crippen LogP contribution in [-0.2, 0) is 4.79 Å². The van der Waals surface area contributed by atoms with Crippen LogP contribution in [0.4, 0.5) is 0 Å². The van der Waals surface area contributed by atoms with Crippen molar-refractivity contribution in [2.75, 3.05) is 0 Å². The Kier molecular flexibility index (Phi) is 2.83. The van der Waals surface area contributed by atoms with E-state index in [2.05, 4.69) is 5.32 Å². The van der Waals surface area contributed by atoms with Crippen molar-refractivity contribution in [1.29, 1.82) is 0 Å². The first-order valence-corrected chi connectivity index (χ1v) is 6.45. The summed E-state index contributed by atoms with van der Waals surface area (Å²) < 4.78 is 0. The highest BCUT2D eigenvalue weighted by Gasteiger charge is 2.44. The van der Waals surface area contributed by atoms with Gasteiger partial charge in [-0.1, -0.05) is 11.6 Å². The van der Waals surface area contributed by atoms with E-state index in [1.54, 1.807) is 18.2 Å². The van der Waals surface area contributed by atoms with Crippen molar-refractivity contribution in [1.82, 2.24) is 10.2 Å². The number of aryl methyl sites for hydroxylation is 1. The van der Waals surface area contributed by atoms with Gasteiger partial charge in [0, 0.05) is 6.42 Å². The van der Waals surface area contributed by atoms with Gasteiger partial charge in [-0.05, 0) is 25.5 Å². The first-order chi connectivity index (χ1) is 9.49. The number of amides is 3. The van der Waals surface area contributed by atoms with E-state index in [1.807, 2.05) is 6.92 Å². The third-order valence-electron chi connectivity index (χ3n) is 3.75. The molecule has 1 saturated heterocycles. The van der Waals surface area contributed by atoms with Crippen LogP contribution >= 0.6 is 0 Å². The molecule has 0 aromatic heterocycles. The Hall–Kier alpha value is -2.21. The van der Waals surface area contributed by atoms with Crippen LogP contribution in [0.3, 0.4) is 0 Å². The van der Waals surface area contributed by atoms with Gasteiger partial charge >= 0.3 is 0 Å². The highest BCUT2D eigenvalue weighted by Crippen LogP contribution is 2.28. The summed E-state index contributed by atoms with van der Waals surface area (Å²) in [4.78, 5) is 37.0. The van der Waals surface area contributed by atoms with Gasteiger partial charge in [-0.2, -0.15) is 0 Å². The van der Waals surface area contributed by atoms with Crippen molar-refractivity contribution in [2.24, 2.45) is 0 Å². The minimum absolute atomic E-state index is 0.189. The predicted octanol–water partition coefficient (Wildman–Crippen LogP) is 0.188.